The summed E-state index contributed by atoms with van der Waals surface area (Å²) in [5, 5.41) is 5.03. The van der Waals surface area contributed by atoms with Crippen LogP contribution in [0.5, 0.6) is 0 Å². The summed E-state index contributed by atoms with van der Waals surface area (Å²) in [5.41, 5.74) is 1.55. The molecule has 0 bridgehead atoms. The van der Waals surface area contributed by atoms with Gasteiger partial charge >= 0.3 is 5.97 Å². The molecule has 0 saturated heterocycles. The van der Waals surface area contributed by atoms with E-state index in [0.717, 1.165) is 5.56 Å². The highest BCUT2D eigenvalue weighted by molar-refractivity contribution is 5.94. The summed E-state index contributed by atoms with van der Waals surface area (Å²) in [6.45, 7) is 1.94. The zero-order valence-corrected chi connectivity index (χ0v) is 11.6. The van der Waals surface area contributed by atoms with Gasteiger partial charge in [0, 0.05) is 18.5 Å². The Kier molecular flexibility index (Phi) is 6.22. The van der Waals surface area contributed by atoms with Crippen LogP contribution in [-0.2, 0) is 14.3 Å². The van der Waals surface area contributed by atoms with Crippen molar-refractivity contribution in [2.24, 2.45) is 0 Å². The van der Waals surface area contributed by atoms with E-state index in [4.69, 9.17) is 0 Å². The molecular formula is C14H18N2O4. The summed E-state index contributed by atoms with van der Waals surface area (Å²) in [7, 11) is 1.25. The molecule has 6 nitrogen and oxygen atoms in total. The Morgan fingerprint density at radius 3 is 2.60 bits per heavy atom. The van der Waals surface area contributed by atoms with E-state index in [0.29, 0.717) is 5.56 Å². The number of amides is 2. The Morgan fingerprint density at radius 1 is 1.20 bits per heavy atom. The zero-order valence-electron chi connectivity index (χ0n) is 11.6. The molecule has 0 saturated carbocycles. The van der Waals surface area contributed by atoms with Gasteiger partial charge in [-0.25, -0.2) is 0 Å². The van der Waals surface area contributed by atoms with Crippen molar-refractivity contribution in [1.82, 2.24) is 10.6 Å². The first-order chi connectivity index (χ1) is 9.52. The topological polar surface area (TPSA) is 84.5 Å². The first-order valence-corrected chi connectivity index (χ1v) is 6.21. The van der Waals surface area contributed by atoms with E-state index in [2.05, 4.69) is 15.4 Å². The molecule has 0 fully saturated rings. The van der Waals surface area contributed by atoms with E-state index < -0.39 is 5.97 Å². The van der Waals surface area contributed by atoms with Crippen LogP contribution in [0, 0.1) is 6.92 Å². The third kappa shape index (κ3) is 5.51. The lowest BCUT2D eigenvalue weighted by Crippen LogP contribution is -2.33. The maximum Gasteiger partial charge on any atom is 0.325 e. The number of aryl methyl sites for hydroxylation is 1. The summed E-state index contributed by atoms with van der Waals surface area (Å²) in [6, 6.07) is 7.18. The number of benzene rings is 1. The Balaban J connectivity index is 2.28. The third-order valence-corrected chi connectivity index (χ3v) is 2.58. The monoisotopic (exact) mass is 278 g/mol. The van der Waals surface area contributed by atoms with Crippen molar-refractivity contribution in [3.8, 4) is 0 Å². The van der Waals surface area contributed by atoms with Gasteiger partial charge in [-0.15, -0.1) is 0 Å². The minimum Gasteiger partial charge on any atom is -0.468 e. The van der Waals surface area contributed by atoms with Gasteiger partial charge in [0.2, 0.25) is 5.91 Å². The number of ether oxygens (including phenoxy) is 1. The lowest BCUT2D eigenvalue weighted by atomic mass is 10.1. The number of nitrogens with one attached hydrogen (secondary N) is 2. The number of methoxy groups -OCH3 is 1. The average molecular weight is 278 g/mol. The molecule has 0 unspecified atom stereocenters. The fourth-order valence-electron chi connectivity index (χ4n) is 1.51. The van der Waals surface area contributed by atoms with Crippen LogP contribution in [0.2, 0.25) is 0 Å². The quantitative estimate of drug-likeness (QED) is 0.738. The summed E-state index contributed by atoms with van der Waals surface area (Å²) in [4.78, 5) is 33.9. The average Bonchev–Trinajstić information content (AvgIpc) is 2.44. The number of esters is 1. The predicted molar refractivity (Wildman–Crippen MR) is 73.2 cm³/mol. The van der Waals surface area contributed by atoms with Crippen LogP contribution >= 0.6 is 0 Å². The number of rotatable bonds is 6. The highest BCUT2D eigenvalue weighted by Crippen LogP contribution is 2.03. The molecule has 0 aliphatic carbocycles. The Morgan fingerprint density at radius 2 is 1.95 bits per heavy atom. The molecule has 0 spiro atoms. The molecule has 1 aromatic rings. The van der Waals surface area contributed by atoms with Gasteiger partial charge in [-0.05, 0) is 19.1 Å². The van der Waals surface area contributed by atoms with E-state index in [9.17, 15) is 14.4 Å². The number of hydrogen-bond acceptors (Lipinski definition) is 4. The molecule has 6 heteroatoms. The van der Waals surface area contributed by atoms with Crippen molar-refractivity contribution in [3.05, 3.63) is 35.4 Å². The van der Waals surface area contributed by atoms with Crippen molar-refractivity contribution in [1.29, 1.82) is 0 Å². The van der Waals surface area contributed by atoms with Gasteiger partial charge in [0.1, 0.15) is 6.54 Å². The van der Waals surface area contributed by atoms with Gasteiger partial charge < -0.3 is 15.4 Å². The summed E-state index contributed by atoms with van der Waals surface area (Å²) >= 11 is 0. The highest BCUT2D eigenvalue weighted by Gasteiger charge is 2.08. The van der Waals surface area contributed by atoms with Gasteiger partial charge in [-0.2, -0.15) is 0 Å². The predicted octanol–water partition coefficient (Wildman–Crippen LogP) is 0.404. The first kappa shape index (κ1) is 15.7. The van der Waals surface area contributed by atoms with Crippen LogP contribution in [-0.4, -0.2) is 38.0 Å². The SMILES string of the molecule is COC(=O)CNC(=O)CCNC(=O)c1cccc(C)c1. The van der Waals surface area contributed by atoms with Gasteiger partial charge in [-0.1, -0.05) is 17.7 Å². The fourth-order valence-corrected chi connectivity index (χ4v) is 1.51. The minimum atomic E-state index is -0.512. The maximum atomic E-state index is 11.8. The molecular weight excluding hydrogens is 260 g/mol. The standard InChI is InChI=1S/C14H18N2O4/c1-10-4-3-5-11(8-10)14(19)15-7-6-12(17)16-9-13(18)20-2/h3-5,8H,6-7,9H2,1-2H3,(H,15,19)(H,16,17). The molecule has 20 heavy (non-hydrogen) atoms. The Hall–Kier alpha value is -2.37. The van der Waals surface area contributed by atoms with E-state index in [1.54, 1.807) is 18.2 Å². The largest absolute Gasteiger partial charge is 0.468 e. The molecule has 0 aliphatic rings. The van der Waals surface area contributed by atoms with Gasteiger partial charge in [0.25, 0.3) is 5.91 Å². The molecule has 0 atom stereocenters. The van der Waals surface area contributed by atoms with Crippen LogP contribution in [0.1, 0.15) is 22.3 Å². The van der Waals surface area contributed by atoms with E-state index in [-0.39, 0.29) is 31.3 Å². The van der Waals surface area contributed by atoms with Crippen LogP contribution < -0.4 is 10.6 Å². The normalized spacial score (nSPS) is 9.70. The Labute approximate surface area is 117 Å². The summed E-state index contributed by atoms with van der Waals surface area (Å²) < 4.78 is 4.39. The van der Waals surface area contributed by atoms with Crippen molar-refractivity contribution < 1.29 is 19.1 Å². The van der Waals surface area contributed by atoms with E-state index in [1.165, 1.54) is 7.11 Å². The second-order valence-corrected chi connectivity index (χ2v) is 4.23. The van der Waals surface area contributed by atoms with E-state index >= 15 is 0 Å². The fraction of sp³-hybridized carbons (Fsp3) is 0.357. The van der Waals surface area contributed by atoms with Crippen molar-refractivity contribution >= 4 is 17.8 Å². The lowest BCUT2D eigenvalue weighted by Gasteiger charge is -2.06. The van der Waals surface area contributed by atoms with Gasteiger partial charge in [0.05, 0.1) is 7.11 Å². The first-order valence-electron chi connectivity index (χ1n) is 6.21. The highest BCUT2D eigenvalue weighted by atomic mass is 16.5. The van der Waals surface area contributed by atoms with Crippen LogP contribution in [0.3, 0.4) is 0 Å². The Bertz CT molecular complexity index is 500. The molecule has 0 aromatic heterocycles. The number of hydrogen-bond donors (Lipinski definition) is 2. The number of carbonyl (C=O) groups is 3. The third-order valence-electron chi connectivity index (χ3n) is 2.58. The van der Waals surface area contributed by atoms with Crippen LogP contribution in [0.25, 0.3) is 0 Å². The summed E-state index contributed by atoms with van der Waals surface area (Å²) in [6.07, 6.45) is 0.106. The molecule has 0 radical (unpaired) electrons. The smallest absolute Gasteiger partial charge is 0.325 e. The van der Waals surface area contributed by atoms with Gasteiger partial charge in [0.15, 0.2) is 0 Å². The van der Waals surface area contributed by atoms with Crippen molar-refractivity contribution in [3.63, 3.8) is 0 Å². The minimum absolute atomic E-state index is 0.106. The second kappa shape index (κ2) is 7.93. The summed E-state index contributed by atoms with van der Waals surface area (Å²) in [5.74, 6) is -1.06. The lowest BCUT2D eigenvalue weighted by molar-refractivity contribution is -0.141. The van der Waals surface area contributed by atoms with Crippen molar-refractivity contribution in [2.75, 3.05) is 20.2 Å². The molecule has 1 rings (SSSR count). The van der Waals surface area contributed by atoms with E-state index in [1.807, 2.05) is 13.0 Å². The zero-order chi connectivity index (χ0) is 15.0. The number of carbonyl (C=O) groups excluding carboxylic acids is 3. The van der Waals surface area contributed by atoms with Gasteiger partial charge in [-0.3, -0.25) is 14.4 Å². The van der Waals surface area contributed by atoms with Crippen LogP contribution in [0.4, 0.5) is 0 Å². The molecule has 2 N–H and O–H groups in total. The second-order valence-electron chi connectivity index (χ2n) is 4.23. The molecule has 1 aromatic carbocycles. The molecule has 108 valence electrons. The van der Waals surface area contributed by atoms with Crippen molar-refractivity contribution in [2.45, 2.75) is 13.3 Å². The van der Waals surface area contributed by atoms with Crippen LogP contribution in [0.15, 0.2) is 24.3 Å². The molecule has 2 amide bonds. The maximum absolute atomic E-state index is 11.8. The molecule has 0 heterocycles. The molecule has 0 aliphatic heterocycles.